The van der Waals surface area contributed by atoms with E-state index in [1.165, 1.54) is 12.5 Å². The van der Waals surface area contributed by atoms with Crippen LogP contribution in [-0.4, -0.2) is 93.1 Å². The number of amides is 4. The van der Waals surface area contributed by atoms with E-state index in [4.69, 9.17) is 22.9 Å². The third kappa shape index (κ3) is 10.8. The standard InChI is InChI=1S/C19H32N10O7/c20-10(5-14(21)31)15(32)29-13(7-30)17(34)27-11(2-1-3-25-19(22)23)16(33)28-12(18(35)36)4-9-6-24-8-26-9/h6,8,10-13,30H,1-5,7,20H2,(H2,21,31)(H,24,26)(H,27,34)(H,28,33)(H,29,32)(H,35,36)(H4,22,23,25). The molecule has 4 amide bonds. The van der Waals surface area contributed by atoms with Crippen molar-refractivity contribution in [1.82, 2.24) is 25.9 Å². The Balaban J connectivity index is 2.94. The molecular weight excluding hydrogens is 480 g/mol. The van der Waals surface area contributed by atoms with E-state index >= 15 is 0 Å². The fourth-order valence-corrected chi connectivity index (χ4v) is 2.92. The molecule has 0 saturated carbocycles. The molecular formula is C19H32N10O7. The van der Waals surface area contributed by atoms with Gasteiger partial charge in [0.05, 0.1) is 25.4 Å². The number of aliphatic hydroxyl groups is 1. The second-order valence-corrected chi connectivity index (χ2v) is 7.71. The molecule has 0 radical (unpaired) electrons. The van der Waals surface area contributed by atoms with Crippen LogP contribution in [0.5, 0.6) is 0 Å². The molecule has 0 aromatic carbocycles. The van der Waals surface area contributed by atoms with E-state index in [1.807, 2.05) is 0 Å². The molecule has 1 rings (SSSR count). The van der Waals surface area contributed by atoms with E-state index in [0.717, 1.165) is 0 Å². The number of aromatic amines is 1. The van der Waals surface area contributed by atoms with Gasteiger partial charge in [0.1, 0.15) is 18.1 Å². The van der Waals surface area contributed by atoms with Crippen LogP contribution in [0.3, 0.4) is 0 Å². The molecule has 1 aromatic heterocycles. The smallest absolute Gasteiger partial charge is 0.326 e. The second-order valence-electron chi connectivity index (χ2n) is 7.71. The Hall–Kier alpha value is -4.25. The number of nitrogens with one attached hydrogen (secondary N) is 4. The highest BCUT2D eigenvalue weighted by Crippen LogP contribution is 2.04. The Morgan fingerprint density at radius 3 is 2.14 bits per heavy atom. The number of aliphatic hydroxyl groups excluding tert-OH is 1. The lowest BCUT2D eigenvalue weighted by atomic mass is 10.1. The van der Waals surface area contributed by atoms with Gasteiger partial charge in [0.2, 0.25) is 23.6 Å². The van der Waals surface area contributed by atoms with Crippen LogP contribution in [0.2, 0.25) is 0 Å². The number of H-pyrrole nitrogens is 1. The van der Waals surface area contributed by atoms with Crippen LogP contribution >= 0.6 is 0 Å². The molecule has 1 heterocycles. The lowest BCUT2D eigenvalue weighted by molar-refractivity contribution is -0.142. The minimum atomic E-state index is -1.52. The van der Waals surface area contributed by atoms with Crippen molar-refractivity contribution < 1.29 is 34.2 Å². The number of carbonyl (C=O) groups excluding carboxylic acids is 4. The van der Waals surface area contributed by atoms with E-state index in [9.17, 15) is 34.2 Å². The number of nitrogens with two attached hydrogens (primary N) is 4. The summed E-state index contributed by atoms with van der Waals surface area (Å²) in [5.41, 5.74) is 21.5. The van der Waals surface area contributed by atoms with Crippen molar-refractivity contribution in [3.63, 3.8) is 0 Å². The van der Waals surface area contributed by atoms with Crippen LogP contribution in [-0.2, 0) is 30.4 Å². The molecule has 0 aliphatic rings. The lowest BCUT2D eigenvalue weighted by Crippen LogP contribution is -2.58. The zero-order chi connectivity index (χ0) is 27.3. The number of hydrogen-bond donors (Lipinski definition) is 10. The fourth-order valence-electron chi connectivity index (χ4n) is 2.92. The Morgan fingerprint density at radius 2 is 1.61 bits per heavy atom. The quantitative estimate of drug-likeness (QED) is 0.0566. The third-order valence-electron chi connectivity index (χ3n) is 4.75. The van der Waals surface area contributed by atoms with Crippen molar-refractivity contribution in [3.05, 3.63) is 18.2 Å². The average molecular weight is 513 g/mol. The number of aliphatic carboxylic acids is 1. The van der Waals surface area contributed by atoms with Gasteiger partial charge in [-0.25, -0.2) is 9.78 Å². The summed E-state index contributed by atoms with van der Waals surface area (Å²) in [4.78, 5) is 70.6. The highest BCUT2D eigenvalue weighted by molar-refractivity contribution is 5.95. The largest absolute Gasteiger partial charge is 0.480 e. The van der Waals surface area contributed by atoms with Crippen molar-refractivity contribution >= 4 is 35.6 Å². The summed E-state index contributed by atoms with van der Waals surface area (Å²) in [6.07, 6.45) is 2.35. The van der Waals surface area contributed by atoms with Crippen molar-refractivity contribution in [2.45, 2.75) is 49.9 Å². The number of primary amides is 1. The second kappa shape index (κ2) is 14.9. The molecule has 0 bridgehead atoms. The molecule has 0 aliphatic heterocycles. The first-order valence-electron chi connectivity index (χ1n) is 10.8. The molecule has 0 saturated heterocycles. The number of imidazole rings is 1. The predicted molar refractivity (Wildman–Crippen MR) is 125 cm³/mol. The minimum absolute atomic E-state index is 0.0158. The number of rotatable bonds is 16. The molecule has 17 heteroatoms. The number of aromatic nitrogens is 2. The maximum Gasteiger partial charge on any atom is 0.326 e. The van der Waals surface area contributed by atoms with Gasteiger partial charge in [0.25, 0.3) is 0 Å². The Bertz CT molecular complexity index is 933. The van der Waals surface area contributed by atoms with Gasteiger partial charge >= 0.3 is 5.97 Å². The fraction of sp³-hybridized carbons (Fsp3) is 0.526. The first kappa shape index (κ1) is 29.8. The highest BCUT2D eigenvalue weighted by Gasteiger charge is 2.30. The number of nitrogens with zero attached hydrogens (tertiary/aromatic N) is 2. The Kier molecular flexibility index (Phi) is 12.3. The van der Waals surface area contributed by atoms with E-state index in [2.05, 4.69) is 30.9 Å². The Labute approximate surface area is 205 Å². The van der Waals surface area contributed by atoms with Gasteiger partial charge in [-0.05, 0) is 12.8 Å². The van der Waals surface area contributed by atoms with Crippen LogP contribution in [0.15, 0.2) is 17.5 Å². The zero-order valence-corrected chi connectivity index (χ0v) is 19.3. The molecule has 17 nitrogen and oxygen atoms in total. The summed E-state index contributed by atoms with van der Waals surface area (Å²) in [7, 11) is 0. The number of guanidine groups is 1. The summed E-state index contributed by atoms with van der Waals surface area (Å²) in [5.74, 6) is -5.08. The lowest BCUT2D eigenvalue weighted by Gasteiger charge is -2.24. The van der Waals surface area contributed by atoms with Gasteiger partial charge in [-0.2, -0.15) is 0 Å². The van der Waals surface area contributed by atoms with E-state index in [1.54, 1.807) is 0 Å². The number of carboxylic acid groups (broad SMARTS) is 1. The van der Waals surface area contributed by atoms with Gasteiger partial charge in [-0.1, -0.05) is 0 Å². The highest BCUT2D eigenvalue weighted by atomic mass is 16.4. The first-order chi connectivity index (χ1) is 16.9. The van der Waals surface area contributed by atoms with Gasteiger partial charge in [0, 0.05) is 24.9 Å². The van der Waals surface area contributed by atoms with Crippen molar-refractivity contribution in [3.8, 4) is 0 Å². The predicted octanol–water partition coefficient (Wildman–Crippen LogP) is -5.26. The average Bonchev–Trinajstić information content (AvgIpc) is 3.31. The van der Waals surface area contributed by atoms with Crippen molar-refractivity contribution in [2.24, 2.45) is 27.9 Å². The summed E-state index contributed by atoms with van der Waals surface area (Å²) < 4.78 is 0. The number of hydrogen-bond acceptors (Lipinski definition) is 9. The third-order valence-corrected chi connectivity index (χ3v) is 4.75. The van der Waals surface area contributed by atoms with Crippen molar-refractivity contribution in [1.29, 1.82) is 0 Å². The molecule has 0 fully saturated rings. The maximum absolute atomic E-state index is 12.9. The topological polar surface area (TPSA) is 307 Å². The monoisotopic (exact) mass is 512 g/mol. The summed E-state index contributed by atoms with van der Waals surface area (Å²) >= 11 is 0. The van der Waals surface area contributed by atoms with Crippen LogP contribution in [0.25, 0.3) is 0 Å². The molecule has 4 atom stereocenters. The van der Waals surface area contributed by atoms with Crippen LogP contribution < -0.4 is 38.9 Å². The molecule has 14 N–H and O–H groups in total. The van der Waals surface area contributed by atoms with Gasteiger partial charge in [-0.3, -0.25) is 24.2 Å². The van der Waals surface area contributed by atoms with E-state index < -0.39 is 66.8 Å². The molecule has 200 valence electrons. The normalized spacial score (nSPS) is 13.9. The van der Waals surface area contributed by atoms with Crippen LogP contribution in [0.4, 0.5) is 0 Å². The van der Waals surface area contributed by atoms with E-state index in [0.29, 0.717) is 5.69 Å². The van der Waals surface area contributed by atoms with Gasteiger partial charge < -0.3 is 54.1 Å². The summed E-state index contributed by atoms with van der Waals surface area (Å²) in [6.45, 7) is -0.749. The van der Waals surface area contributed by atoms with E-state index in [-0.39, 0.29) is 31.8 Å². The SMILES string of the molecule is NC(=O)CC(N)C(=O)NC(CO)C(=O)NC(CCCN=C(N)N)C(=O)NC(Cc1cnc[nH]1)C(=O)O. The Morgan fingerprint density at radius 1 is 1.00 bits per heavy atom. The molecule has 1 aromatic rings. The molecule has 0 spiro atoms. The molecule has 36 heavy (non-hydrogen) atoms. The van der Waals surface area contributed by atoms with Crippen molar-refractivity contribution in [2.75, 3.05) is 13.2 Å². The van der Waals surface area contributed by atoms with Crippen LogP contribution in [0.1, 0.15) is 25.0 Å². The molecule has 0 aliphatic carbocycles. The number of carbonyl (C=O) groups is 5. The molecule has 4 unspecified atom stereocenters. The maximum atomic E-state index is 12.9. The van der Waals surface area contributed by atoms with Gasteiger partial charge in [-0.15, -0.1) is 0 Å². The zero-order valence-electron chi connectivity index (χ0n) is 19.3. The number of carboxylic acids is 1. The summed E-state index contributed by atoms with van der Waals surface area (Å²) in [6, 6.07) is -5.51. The minimum Gasteiger partial charge on any atom is -0.480 e. The number of aliphatic imine (C=N–C) groups is 1. The van der Waals surface area contributed by atoms with Crippen LogP contribution in [0, 0.1) is 0 Å². The summed E-state index contributed by atoms with van der Waals surface area (Å²) in [5, 5.41) is 25.9. The first-order valence-corrected chi connectivity index (χ1v) is 10.8. The van der Waals surface area contributed by atoms with Gasteiger partial charge in [0.15, 0.2) is 5.96 Å².